The summed E-state index contributed by atoms with van der Waals surface area (Å²) in [5, 5.41) is 2.55. The molecule has 0 spiro atoms. The minimum Gasteiger partial charge on any atom is -0.483 e. The minimum atomic E-state index is -1.06. The molecule has 1 aliphatic carbocycles. The average molecular weight is 573 g/mol. The van der Waals surface area contributed by atoms with Crippen molar-refractivity contribution in [2.45, 2.75) is 45.6 Å². The highest BCUT2D eigenvalue weighted by Gasteiger charge is 2.36. The maximum atomic E-state index is 13.6. The monoisotopic (exact) mass is 572 g/mol. The molecule has 10 nitrogen and oxygen atoms in total. The summed E-state index contributed by atoms with van der Waals surface area (Å²) in [6, 6.07) is 15.4. The van der Waals surface area contributed by atoms with E-state index < -0.39 is 36.1 Å². The third-order valence-electron chi connectivity index (χ3n) is 6.64. The maximum Gasteiger partial charge on any atom is 0.328 e. The molecule has 3 N–H and O–H groups in total. The summed E-state index contributed by atoms with van der Waals surface area (Å²) in [6.07, 6.45) is 1.22. The van der Waals surface area contributed by atoms with E-state index in [-0.39, 0.29) is 64.7 Å². The second-order valence-electron chi connectivity index (χ2n) is 9.64. The Bertz CT molecular complexity index is 1520. The summed E-state index contributed by atoms with van der Waals surface area (Å²) < 4.78 is 16.8. The molecule has 0 saturated carbocycles. The van der Waals surface area contributed by atoms with Crippen LogP contribution >= 0.6 is 0 Å². The van der Waals surface area contributed by atoms with Gasteiger partial charge in [0.1, 0.15) is 23.3 Å². The molecule has 42 heavy (non-hydrogen) atoms. The molecule has 0 heterocycles. The van der Waals surface area contributed by atoms with Crippen LogP contribution < -0.4 is 20.5 Å². The van der Waals surface area contributed by atoms with Crippen LogP contribution in [0.1, 0.15) is 71.4 Å². The van der Waals surface area contributed by atoms with Crippen molar-refractivity contribution in [3.05, 3.63) is 82.9 Å². The number of esters is 1. The summed E-state index contributed by atoms with van der Waals surface area (Å²) in [6.45, 7) is 3.01. The van der Waals surface area contributed by atoms with E-state index >= 15 is 0 Å². The summed E-state index contributed by atoms with van der Waals surface area (Å²) in [5.74, 6) is -1.96. The molecule has 10 heteroatoms. The quantitative estimate of drug-likeness (QED) is 0.175. The van der Waals surface area contributed by atoms with Crippen molar-refractivity contribution in [1.29, 1.82) is 0 Å². The van der Waals surface area contributed by atoms with Crippen LogP contribution in [0.5, 0.6) is 17.2 Å². The van der Waals surface area contributed by atoms with Gasteiger partial charge in [0.15, 0.2) is 23.9 Å². The minimum absolute atomic E-state index is 0.0276. The van der Waals surface area contributed by atoms with Gasteiger partial charge in [-0.1, -0.05) is 49.4 Å². The van der Waals surface area contributed by atoms with Gasteiger partial charge < -0.3 is 25.3 Å². The van der Waals surface area contributed by atoms with Gasteiger partial charge >= 0.3 is 5.97 Å². The molecule has 0 radical (unpaired) electrons. The normalized spacial score (nSPS) is 12.5. The number of para-hydroxylation sites is 1. The van der Waals surface area contributed by atoms with Crippen LogP contribution in [-0.2, 0) is 19.1 Å². The topological polar surface area (TPSA) is 151 Å². The van der Waals surface area contributed by atoms with E-state index in [9.17, 15) is 24.0 Å². The standard InChI is InChI=1S/C32H32N2O8/c1-3-10-19(35)15-16-23(32(39)40-4-2)34-26(36)18-41-24-17-25(42-20-11-6-5-7-12-20)29(33)28-27(24)30(37)21-13-8-9-14-22(21)31(28)38/h5-9,11-14,17,23H,3-4,10,15-16,18,33H2,1-2H3,(H,34,36). The smallest absolute Gasteiger partial charge is 0.328 e. The lowest BCUT2D eigenvalue weighted by atomic mass is 9.82. The third kappa shape index (κ3) is 6.65. The number of rotatable bonds is 13. The molecule has 4 rings (SSSR count). The first-order valence-electron chi connectivity index (χ1n) is 13.7. The molecule has 0 saturated heterocycles. The number of benzene rings is 3. The van der Waals surface area contributed by atoms with Gasteiger partial charge in [-0.25, -0.2) is 4.79 Å². The number of nitrogen functional groups attached to an aromatic ring is 1. The van der Waals surface area contributed by atoms with Gasteiger partial charge in [-0.05, 0) is 31.9 Å². The Morgan fingerprint density at radius 1 is 0.857 bits per heavy atom. The van der Waals surface area contributed by atoms with E-state index in [0.717, 1.165) is 0 Å². The number of carbonyl (C=O) groups excluding carboxylic acids is 5. The molecular weight excluding hydrogens is 540 g/mol. The van der Waals surface area contributed by atoms with Crippen molar-refractivity contribution < 1.29 is 38.2 Å². The molecule has 0 aromatic heterocycles. The van der Waals surface area contributed by atoms with Crippen LogP contribution in [0.25, 0.3) is 0 Å². The summed E-state index contributed by atoms with van der Waals surface area (Å²) >= 11 is 0. The highest BCUT2D eigenvalue weighted by molar-refractivity contribution is 6.31. The molecule has 0 fully saturated rings. The van der Waals surface area contributed by atoms with Gasteiger partial charge in [0.2, 0.25) is 0 Å². The van der Waals surface area contributed by atoms with E-state index in [4.69, 9.17) is 19.9 Å². The van der Waals surface area contributed by atoms with Gasteiger partial charge in [-0.15, -0.1) is 0 Å². The fourth-order valence-electron chi connectivity index (χ4n) is 4.65. The fourth-order valence-corrected chi connectivity index (χ4v) is 4.65. The van der Waals surface area contributed by atoms with E-state index in [1.807, 2.05) is 6.92 Å². The average Bonchev–Trinajstić information content (AvgIpc) is 2.99. The number of hydrogen-bond acceptors (Lipinski definition) is 9. The second kappa shape index (κ2) is 13.6. The molecule has 1 unspecified atom stereocenters. The van der Waals surface area contributed by atoms with Crippen molar-refractivity contribution in [2.24, 2.45) is 0 Å². The molecule has 3 aromatic rings. The third-order valence-corrected chi connectivity index (χ3v) is 6.64. The molecule has 1 aliphatic rings. The van der Waals surface area contributed by atoms with Crippen molar-refractivity contribution in [2.75, 3.05) is 18.9 Å². The largest absolute Gasteiger partial charge is 0.483 e. The Morgan fingerprint density at radius 2 is 1.50 bits per heavy atom. The first-order chi connectivity index (χ1) is 20.2. The molecule has 1 amide bonds. The molecule has 0 bridgehead atoms. The number of ether oxygens (including phenoxy) is 3. The zero-order valence-electron chi connectivity index (χ0n) is 23.4. The van der Waals surface area contributed by atoms with Gasteiger partial charge in [0.25, 0.3) is 5.91 Å². The lowest BCUT2D eigenvalue weighted by molar-refractivity contribution is -0.147. The number of ketones is 3. The van der Waals surface area contributed by atoms with Crippen molar-refractivity contribution >= 4 is 34.9 Å². The van der Waals surface area contributed by atoms with Crippen LogP contribution in [0.3, 0.4) is 0 Å². The Kier molecular flexibility index (Phi) is 9.69. The Hall–Kier alpha value is -4.99. The highest BCUT2D eigenvalue weighted by atomic mass is 16.5. The van der Waals surface area contributed by atoms with Crippen molar-refractivity contribution in [3.63, 3.8) is 0 Å². The van der Waals surface area contributed by atoms with Gasteiger partial charge in [-0.2, -0.15) is 0 Å². The maximum absolute atomic E-state index is 13.6. The van der Waals surface area contributed by atoms with Gasteiger partial charge in [0.05, 0.1) is 23.4 Å². The zero-order chi connectivity index (χ0) is 30.2. The molecule has 0 aliphatic heterocycles. The number of carbonyl (C=O) groups is 5. The molecule has 218 valence electrons. The number of Topliss-reactive ketones (excluding diaryl/α,β-unsaturated/α-hetero) is 1. The summed E-state index contributed by atoms with van der Waals surface area (Å²) in [5.41, 5.74) is 6.54. The lowest BCUT2D eigenvalue weighted by Crippen LogP contribution is -2.44. The number of nitrogens with two attached hydrogens (primary N) is 1. The fraction of sp³-hybridized carbons (Fsp3) is 0.281. The molecular formula is C32H32N2O8. The van der Waals surface area contributed by atoms with Crippen LogP contribution in [0.2, 0.25) is 0 Å². The number of nitrogens with one attached hydrogen (secondary N) is 1. The van der Waals surface area contributed by atoms with E-state index in [1.54, 1.807) is 49.4 Å². The predicted octanol–water partition coefficient (Wildman–Crippen LogP) is 4.41. The van der Waals surface area contributed by atoms with Crippen LogP contribution in [0.4, 0.5) is 5.69 Å². The number of hydrogen-bond donors (Lipinski definition) is 2. The number of amides is 1. The van der Waals surface area contributed by atoms with E-state index in [0.29, 0.717) is 18.6 Å². The van der Waals surface area contributed by atoms with Gasteiger partial charge in [-0.3, -0.25) is 19.2 Å². The number of anilines is 1. The van der Waals surface area contributed by atoms with Crippen LogP contribution in [0.15, 0.2) is 60.7 Å². The van der Waals surface area contributed by atoms with Crippen molar-refractivity contribution in [3.8, 4) is 17.2 Å². The SMILES string of the molecule is CCCC(=O)CCC(NC(=O)COc1cc(Oc2ccccc2)c(N)c2c1C(=O)c1ccccc1C2=O)C(=O)OCC. The Labute approximate surface area is 243 Å². The number of fused-ring (bicyclic) bond motifs is 2. The summed E-state index contributed by atoms with van der Waals surface area (Å²) in [7, 11) is 0. The molecule has 3 aromatic carbocycles. The van der Waals surface area contributed by atoms with Crippen LogP contribution in [0, 0.1) is 0 Å². The zero-order valence-corrected chi connectivity index (χ0v) is 23.4. The lowest BCUT2D eigenvalue weighted by Gasteiger charge is -2.24. The Balaban J connectivity index is 1.62. The van der Waals surface area contributed by atoms with E-state index in [1.165, 1.54) is 18.2 Å². The Morgan fingerprint density at radius 3 is 2.14 bits per heavy atom. The van der Waals surface area contributed by atoms with Crippen molar-refractivity contribution in [1.82, 2.24) is 5.32 Å². The first kappa shape index (κ1) is 30.0. The van der Waals surface area contributed by atoms with E-state index in [2.05, 4.69) is 5.32 Å². The predicted molar refractivity (Wildman–Crippen MR) is 154 cm³/mol. The highest BCUT2D eigenvalue weighted by Crippen LogP contribution is 2.43. The summed E-state index contributed by atoms with van der Waals surface area (Å²) in [4.78, 5) is 64.5. The first-order valence-corrected chi connectivity index (χ1v) is 13.7. The van der Waals surface area contributed by atoms with Crippen LogP contribution in [-0.4, -0.2) is 48.5 Å². The molecule has 1 atom stereocenters. The van der Waals surface area contributed by atoms with Gasteiger partial charge in [0, 0.05) is 30.0 Å². The second-order valence-corrected chi connectivity index (χ2v) is 9.64.